The molecule has 0 radical (unpaired) electrons. The highest BCUT2D eigenvalue weighted by Crippen LogP contribution is 2.33. The van der Waals surface area contributed by atoms with E-state index in [4.69, 9.17) is 21.1 Å². The van der Waals surface area contributed by atoms with Crippen LogP contribution in [0.5, 0.6) is 11.5 Å². The van der Waals surface area contributed by atoms with E-state index in [0.29, 0.717) is 11.5 Å². The summed E-state index contributed by atoms with van der Waals surface area (Å²) in [6, 6.07) is 4.11. The number of imidazole rings is 1. The van der Waals surface area contributed by atoms with Crippen LogP contribution in [0.3, 0.4) is 0 Å². The molecule has 0 aliphatic carbocycles. The van der Waals surface area contributed by atoms with E-state index in [9.17, 15) is 8.42 Å². The maximum Gasteiger partial charge on any atom is 0.259 e. The maximum atomic E-state index is 12.7. The van der Waals surface area contributed by atoms with E-state index >= 15 is 0 Å². The van der Waals surface area contributed by atoms with Crippen molar-refractivity contribution in [2.24, 2.45) is 0 Å². The van der Waals surface area contributed by atoms with Crippen molar-refractivity contribution in [2.75, 3.05) is 33.9 Å². The van der Waals surface area contributed by atoms with Crippen LogP contribution in [0.2, 0.25) is 5.15 Å². The molecule has 2 aromatic heterocycles. The summed E-state index contributed by atoms with van der Waals surface area (Å²) in [4.78, 5) is 7.03. The number of rotatable bonds is 9. The number of ether oxygens (including phenoxy) is 2. The Hall–Kier alpha value is -1.85. The average Bonchev–Trinajstić information content (AvgIpc) is 3.32. The van der Waals surface area contributed by atoms with E-state index in [1.165, 1.54) is 26.9 Å². The molecule has 0 amide bonds. The largest absolute Gasteiger partial charge is 0.493 e. The van der Waals surface area contributed by atoms with Crippen molar-refractivity contribution in [2.45, 2.75) is 30.8 Å². The molecule has 31 heavy (non-hydrogen) atoms. The second kappa shape index (κ2) is 9.33. The molecule has 3 heterocycles. The predicted octanol–water partition coefficient (Wildman–Crippen LogP) is 3.18. The van der Waals surface area contributed by atoms with E-state index in [0.717, 1.165) is 50.4 Å². The third-order valence-corrected chi connectivity index (χ3v) is 8.04. The number of hydrogen-bond acceptors (Lipinski definition) is 7. The Bertz CT molecular complexity index is 1180. The highest BCUT2D eigenvalue weighted by atomic mass is 35.5. The van der Waals surface area contributed by atoms with Gasteiger partial charge >= 0.3 is 0 Å². The van der Waals surface area contributed by atoms with Crippen molar-refractivity contribution in [3.8, 4) is 11.5 Å². The molecule has 168 valence electrons. The van der Waals surface area contributed by atoms with Gasteiger partial charge in [-0.2, -0.15) is 0 Å². The van der Waals surface area contributed by atoms with Gasteiger partial charge in [-0.25, -0.2) is 18.1 Å². The monoisotopic (exact) mass is 484 g/mol. The molecule has 1 aliphatic heterocycles. The fourth-order valence-electron chi connectivity index (χ4n) is 3.85. The highest BCUT2D eigenvalue weighted by Gasteiger charge is 2.24. The Labute approximate surface area is 190 Å². The number of hydrogen-bond donors (Lipinski definition) is 1. The van der Waals surface area contributed by atoms with Crippen LogP contribution in [-0.4, -0.2) is 56.6 Å². The first-order chi connectivity index (χ1) is 14.9. The van der Waals surface area contributed by atoms with Crippen LogP contribution in [0.4, 0.5) is 0 Å². The SMILES string of the molecule is COc1cc2c(cc1OC)CN(CCCCNS(=O)(=O)c1c(Cl)nc3sccn13)CC2. The van der Waals surface area contributed by atoms with Gasteiger partial charge in [0.15, 0.2) is 26.6 Å². The van der Waals surface area contributed by atoms with Gasteiger partial charge in [0.1, 0.15) is 0 Å². The number of fused-ring (bicyclic) bond motifs is 2. The predicted molar refractivity (Wildman–Crippen MR) is 121 cm³/mol. The molecule has 0 fully saturated rings. The van der Waals surface area contributed by atoms with Crippen molar-refractivity contribution in [1.29, 1.82) is 0 Å². The minimum atomic E-state index is -3.72. The smallest absolute Gasteiger partial charge is 0.259 e. The number of nitrogens with one attached hydrogen (secondary N) is 1. The summed E-state index contributed by atoms with van der Waals surface area (Å²) in [5.41, 5.74) is 2.54. The number of unbranched alkanes of at least 4 members (excludes halogenated alkanes) is 1. The zero-order valence-corrected chi connectivity index (χ0v) is 19.8. The van der Waals surface area contributed by atoms with Crippen LogP contribution in [0.15, 0.2) is 28.7 Å². The third kappa shape index (κ3) is 4.68. The highest BCUT2D eigenvalue weighted by molar-refractivity contribution is 7.89. The van der Waals surface area contributed by atoms with Gasteiger partial charge in [-0.3, -0.25) is 9.30 Å². The van der Waals surface area contributed by atoms with Gasteiger partial charge in [0.05, 0.1) is 14.2 Å². The first-order valence-corrected chi connectivity index (χ1v) is 12.7. The standard InChI is InChI=1S/C20H25ClN4O4S2/c1-28-16-11-14-5-8-24(13-15(14)12-17(16)29-2)7-4-3-6-22-31(26,27)19-18(21)23-20-25(19)9-10-30-20/h9-12,22H,3-8,13H2,1-2H3. The molecular weight excluding hydrogens is 460 g/mol. The van der Waals surface area contributed by atoms with Gasteiger partial charge < -0.3 is 9.47 Å². The second-order valence-corrected chi connectivity index (χ2v) is 10.3. The molecule has 0 saturated carbocycles. The van der Waals surface area contributed by atoms with E-state index in [-0.39, 0.29) is 10.2 Å². The number of nitrogens with zero attached hydrogens (tertiary/aromatic N) is 3. The Morgan fingerprint density at radius 1 is 1.19 bits per heavy atom. The molecule has 0 spiro atoms. The van der Waals surface area contributed by atoms with E-state index in [1.54, 1.807) is 25.8 Å². The molecule has 11 heteroatoms. The molecule has 8 nitrogen and oxygen atoms in total. The minimum Gasteiger partial charge on any atom is -0.493 e. The lowest BCUT2D eigenvalue weighted by atomic mass is 9.98. The van der Waals surface area contributed by atoms with Gasteiger partial charge in [0.25, 0.3) is 10.0 Å². The zero-order valence-electron chi connectivity index (χ0n) is 17.4. The lowest BCUT2D eigenvalue weighted by Crippen LogP contribution is -2.32. The number of methoxy groups -OCH3 is 2. The topological polar surface area (TPSA) is 85.2 Å². The molecular formula is C20H25ClN4O4S2. The lowest BCUT2D eigenvalue weighted by molar-refractivity contribution is 0.248. The molecule has 0 saturated heterocycles. The van der Waals surface area contributed by atoms with Crippen LogP contribution >= 0.6 is 22.9 Å². The summed E-state index contributed by atoms with van der Waals surface area (Å²) in [6.07, 6.45) is 4.24. The minimum absolute atomic E-state index is 0.00149. The fraction of sp³-hybridized carbons (Fsp3) is 0.450. The summed E-state index contributed by atoms with van der Waals surface area (Å²) in [6.45, 7) is 3.07. The summed E-state index contributed by atoms with van der Waals surface area (Å²) in [5, 5.41) is 1.78. The van der Waals surface area contributed by atoms with Gasteiger partial charge in [-0.05, 0) is 49.1 Å². The Morgan fingerprint density at radius 3 is 2.68 bits per heavy atom. The van der Waals surface area contributed by atoms with Gasteiger partial charge in [-0.1, -0.05) is 11.6 Å². The number of halogens is 1. The molecule has 0 atom stereocenters. The summed E-state index contributed by atoms with van der Waals surface area (Å²) >= 11 is 7.39. The van der Waals surface area contributed by atoms with Crippen LogP contribution in [0, 0.1) is 0 Å². The molecule has 4 rings (SSSR count). The first kappa shape index (κ1) is 22.3. The zero-order chi connectivity index (χ0) is 22.0. The second-order valence-electron chi connectivity index (χ2n) is 7.37. The Balaban J connectivity index is 1.28. The number of benzene rings is 1. The van der Waals surface area contributed by atoms with Crippen molar-refractivity contribution in [3.63, 3.8) is 0 Å². The Morgan fingerprint density at radius 2 is 1.94 bits per heavy atom. The van der Waals surface area contributed by atoms with Crippen molar-refractivity contribution in [1.82, 2.24) is 19.0 Å². The molecule has 1 aliphatic rings. The molecule has 3 aromatic rings. The maximum absolute atomic E-state index is 12.7. The van der Waals surface area contributed by atoms with Gasteiger partial charge in [0, 0.05) is 31.2 Å². The van der Waals surface area contributed by atoms with E-state index in [2.05, 4.69) is 26.7 Å². The van der Waals surface area contributed by atoms with Gasteiger partial charge in [0.2, 0.25) is 0 Å². The van der Waals surface area contributed by atoms with Crippen LogP contribution in [0.1, 0.15) is 24.0 Å². The van der Waals surface area contributed by atoms with E-state index < -0.39 is 10.0 Å². The molecule has 1 aromatic carbocycles. The number of thiazole rings is 1. The quantitative estimate of drug-likeness (QED) is 0.469. The fourth-order valence-corrected chi connectivity index (χ4v) is 6.37. The van der Waals surface area contributed by atoms with Crippen molar-refractivity contribution >= 4 is 37.9 Å². The molecule has 1 N–H and O–H groups in total. The average molecular weight is 485 g/mol. The molecule has 0 bridgehead atoms. The van der Waals surface area contributed by atoms with Gasteiger partial charge in [-0.15, -0.1) is 11.3 Å². The van der Waals surface area contributed by atoms with Crippen molar-refractivity contribution in [3.05, 3.63) is 40.0 Å². The normalized spacial score (nSPS) is 14.7. The van der Waals surface area contributed by atoms with Crippen LogP contribution in [-0.2, 0) is 23.0 Å². The third-order valence-electron chi connectivity index (χ3n) is 5.42. The first-order valence-electron chi connectivity index (χ1n) is 10.00. The summed E-state index contributed by atoms with van der Waals surface area (Å²) in [7, 11) is -0.422. The summed E-state index contributed by atoms with van der Waals surface area (Å²) in [5.74, 6) is 1.51. The lowest BCUT2D eigenvalue weighted by Gasteiger charge is -2.29. The number of aromatic nitrogens is 2. The summed E-state index contributed by atoms with van der Waals surface area (Å²) < 4.78 is 40.3. The van der Waals surface area contributed by atoms with Crippen LogP contribution < -0.4 is 14.2 Å². The van der Waals surface area contributed by atoms with Crippen LogP contribution in [0.25, 0.3) is 4.96 Å². The van der Waals surface area contributed by atoms with E-state index in [1.807, 2.05) is 0 Å². The van der Waals surface area contributed by atoms with Crippen molar-refractivity contribution < 1.29 is 17.9 Å². The number of sulfonamides is 1. The Kier molecular flexibility index (Phi) is 6.73. The molecule has 0 unspecified atom stereocenters.